The van der Waals surface area contributed by atoms with Crippen molar-refractivity contribution >= 4 is 5.97 Å². The molecule has 0 saturated carbocycles. The summed E-state index contributed by atoms with van der Waals surface area (Å²) in [6.07, 6.45) is 0. The van der Waals surface area contributed by atoms with Gasteiger partial charge in [0, 0.05) is 0 Å². The van der Waals surface area contributed by atoms with Crippen LogP contribution in [0.1, 0.15) is 35.7 Å². The Kier molecular flexibility index (Phi) is 3.23. The summed E-state index contributed by atoms with van der Waals surface area (Å²) in [7, 11) is 1.27. The summed E-state index contributed by atoms with van der Waals surface area (Å²) in [6, 6.07) is 4.40. The third-order valence-corrected chi connectivity index (χ3v) is 2.04. The molecule has 14 heavy (non-hydrogen) atoms. The molecule has 0 radical (unpaired) electrons. The molecule has 0 bridgehead atoms. The maximum absolute atomic E-state index is 13.4. The van der Waals surface area contributed by atoms with Gasteiger partial charge in [-0.1, -0.05) is 19.9 Å². The Bertz CT molecular complexity index is 345. The number of hydrogen-bond donors (Lipinski definition) is 0. The monoisotopic (exact) mass is 196 g/mol. The fraction of sp³-hybridized carbons (Fsp3) is 0.364. The van der Waals surface area contributed by atoms with Gasteiger partial charge in [-0.3, -0.25) is 0 Å². The quantitative estimate of drug-likeness (QED) is 0.680. The average Bonchev–Trinajstić information content (AvgIpc) is 2.15. The molecule has 0 heterocycles. The molecule has 0 spiro atoms. The standard InChI is InChI=1S/C11H13FO2/c1-7(2)9-5-4-8(6-10(9)12)11(13)14-3/h4-7H,1-3H3. The molecule has 0 aliphatic rings. The third kappa shape index (κ3) is 2.10. The molecule has 0 aliphatic heterocycles. The second-order valence-corrected chi connectivity index (χ2v) is 3.38. The summed E-state index contributed by atoms with van der Waals surface area (Å²) in [4.78, 5) is 11.1. The van der Waals surface area contributed by atoms with Crippen molar-refractivity contribution in [2.24, 2.45) is 0 Å². The summed E-state index contributed by atoms with van der Waals surface area (Å²) in [5, 5.41) is 0. The number of halogens is 1. The molecule has 2 nitrogen and oxygen atoms in total. The highest BCUT2D eigenvalue weighted by atomic mass is 19.1. The van der Waals surface area contributed by atoms with Crippen molar-refractivity contribution < 1.29 is 13.9 Å². The zero-order valence-corrected chi connectivity index (χ0v) is 8.50. The molecule has 1 rings (SSSR count). The minimum atomic E-state index is -0.515. The van der Waals surface area contributed by atoms with Gasteiger partial charge in [0.05, 0.1) is 12.7 Å². The number of carbonyl (C=O) groups is 1. The van der Waals surface area contributed by atoms with E-state index in [0.29, 0.717) is 5.56 Å². The topological polar surface area (TPSA) is 26.3 Å². The van der Waals surface area contributed by atoms with Crippen molar-refractivity contribution in [1.29, 1.82) is 0 Å². The van der Waals surface area contributed by atoms with Gasteiger partial charge in [0.25, 0.3) is 0 Å². The summed E-state index contributed by atoms with van der Waals surface area (Å²) < 4.78 is 17.9. The number of hydrogen-bond acceptors (Lipinski definition) is 2. The fourth-order valence-electron chi connectivity index (χ4n) is 1.24. The van der Waals surface area contributed by atoms with E-state index in [2.05, 4.69) is 4.74 Å². The van der Waals surface area contributed by atoms with Gasteiger partial charge in [0.15, 0.2) is 0 Å². The zero-order chi connectivity index (χ0) is 10.7. The molecule has 0 unspecified atom stereocenters. The smallest absolute Gasteiger partial charge is 0.337 e. The van der Waals surface area contributed by atoms with Gasteiger partial charge in [-0.2, -0.15) is 0 Å². The van der Waals surface area contributed by atoms with Crippen LogP contribution in [0.15, 0.2) is 18.2 Å². The van der Waals surface area contributed by atoms with Gasteiger partial charge < -0.3 is 4.74 Å². The molecule has 0 amide bonds. The van der Waals surface area contributed by atoms with E-state index in [0.717, 1.165) is 0 Å². The molecule has 0 aliphatic carbocycles. The second kappa shape index (κ2) is 4.22. The lowest BCUT2D eigenvalue weighted by molar-refractivity contribution is 0.0600. The number of ether oxygens (including phenoxy) is 1. The maximum Gasteiger partial charge on any atom is 0.337 e. The number of carbonyl (C=O) groups excluding carboxylic acids is 1. The van der Waals surface area contributed by atoms with Gasteiger partial charge >= 0.3 is 5.97 Å². The van der Waals surface area contributed by atoms with Crippen LogP contribution in [-0.2, 0) is 4.74 Å². The van der Waals surface area contributed by atoms with E-state index in [1.165, 1.54) is 13.2 Å². The highest BCUT2D eigenvalue weighted by Gasteiger charge is 2.11. The molecule has 0 fully saturated rings. The van der Waals surface area contributed by atoms with Gasteiger partial charge in [-0.15, -0.1) is 0 Å². The largest absolute Gasteiger partial charge is 0.465 e. The zero-order valence-electron chi connectivity index (χ0n) is 8.50. The number of rotatable bonds is 2. The van der Waals surface area contributed by atoms with Crippen LogP contribution in [0.5, 0.6) is 0 Å². The van der Waals surface area contributed by atoms with Gasteiger partial charge in [0.2, 0.25) is 0 Å². The van der Waals surface area contributed by atoms with E-state index in [1.807, 2.05) is 13.8 Å². The predicted octanol–water partition coefficient (Wildman–Crippen LogP) is 2.74. The Balaban J connectivity index is 3.06. The normalized spacial score (nSPS) is 10.4. The number of benzene rings is 1. The molecule has 0 N–H and O–H groups in total. The van der Waals surface area contributed by atoms with E-state index in [9.17, 15) is 9.18 Å². The first-order valence-corrected chi connectivity index (χ1v) is 4.44. The molecule has 76 valence electrons. The number of esters is 1. The maximum atomic E-state index is 13.4. The third-order valence-electron chi connectivity index (χ3n) is 2.04. The lowest BCUT2D eigenvalue weighted by Crippen LogP contribution is -2.03. The van der Waals surface area contributed by atoms with Gasteiger partial charge in [-0.25, -0.2) is 9.18 Å². The molecule has 1 aromatic rings. The Hall–Kier alpha value is -1.38. The summed E-state index contributed by atoms with van der Waals surface area (Å²) in [6.45, 7) is 3.80. The van der Waals surface area contributed by atoms with Gasteiger partial charge in [0.1, 0.15) is 5.82 Å². The Morgan fingerprint density at radius 3 is 2.50 bits per heavy atom. The van der Waals surface area contributed by atoms with E-state index in [-0.39, 0.29) is 17.3 Å². The molecule has 0 aromatic heterocycles. The van der Waals surface area contributed by atoms with Crippen LogP contribution < -0.4 is 0 Å². The first-order chi connectivity index (χ1) is 6.56. The predicted molar refractivity (Wildman–Crippen MR) is 51.8 cm³/mol. The van der Waals surface area contributed by atoms with Crippen molar-refractivity contribution in [2.45, 2.75) is 19.8 Å². The average molecular weight is 196 g/mol. The second-order valence-electron chi connectivity index (χ2n) is 3.38. The summed E-state index contributed by atoms with van der Waals surface area (Å²) in [5.74, 6) is -0.760. The van der Waals surface area contributed by atoms with E-state index >= 15 is 0 Å². The highest BCUT2D eigenvalue weighted by molar-refractivity contribution is 5.89. The van der Waals surface area contributed by atoms with Crippen LogP contribution >= 0.6 is 0 Å². The van der Waals surface area contributed by atoms with Crippen LogP contribution in [0.3, 0.4) is 0 Å². The van der Waals surface area contributed by atoms with Crippen LogP contribution in [-0.4, -0.2) is 13.1 Å². The van der Waals surface area contributed by atoms with Crippen molar-refractivity contribution in [3.8, 4) is 0 Å². The lowest BCUT2D eigenvalue weighted by atomic mass is 10.0. The molecule has 1 aromatic carbocycles. The molecular weight excluding hydrogens is 183 g/mol. The fourth-order valence-corrected chi connectivity index (χ4v) is 1.24. The minimum absolute atomic E-state index is 0.113. The molecule has 0 saturated heterocycles. The van der Waals surface area contributed by atoms with Crippen LogP contribution in [0, 0.1) is 5.82 Å². The van der Waals surface area contributed by atoms with Crippen LogP contribution in [0.2, 0.25) is 0 Å². The molecular formula is C11H13FO2. The van der Waals surface area contributed by atoms with Crippen molar-refractivity contribution in [3.63, 3.8) is 0 Å². The highest BCUT2D eigenvalue weighted by Crippen LogP contribution is 2.19. The SMILES string of the molecule is COC(=O)c1ccc(C(C)C)c(F)c1. The summed E-state index contributed by atoms with van der Waals surface area (Å²) in [5.41, 5.74) is 0.854. The van der Waals surface area contributed by atoms with Crippen LogP contribution in [0.25, 0.3) is 0 Å². The van der Waals surface area contributed by atoms with E-state index in [4.69, 9.17) is 0 Å². The first kappa shape index (κ1) is 10.7. The van der Waals surface area contributed by atoms with E-state index in [1.54, 1.807) is 12.1 Å². The van der Waals surface area contributed by atoms with E-state index < -0.39 is 5.97 Å². The lowest BCUT2D eigenvalue weighted by Gasteiger charge is -2.07. The first-order valence-electron chi connectivity index (χ1n) is 4.44. The Morgan fingerprint density at radius 2 is 2.07 bits per heavy atom. The summed E-state index contributed by atoms with van der Waals surface area (Å²) >= 11 is 0. The Morgan fingerprint density at radius 1 is 1.43 bits per heavy atom. The minimum Gasteiger partial charge on any atom is -0.465 e. The number of methoxy groups -OCH3 is 1. The molecule has 3 heteroatoms. The van der Waals surface area contributed by atoms with Crippen molar-refractivity contribution in [2.75, 3.05) is 7.11 Å². The van der Waals surface area contributed by atoms with Crippen molar-refractivity contribution in [1.82, 2.24) is 0 Å². The Labute approximate surface area is 82.7 Å². The van der Waals surface area contributed by atoms with Gasteiger partial charge in [-0.05, 0) is 23.6 Å². The molecule has 0 atom stereocenters. The van der Waals surface area contributed by atoms with Crippen molar-refractivity contribution in [3.05, 3.63) is 35.1 Å². The van der Waals surface area contributed by atoms with Crippen LogP contribution in [0.4, 0.5) is 4.39 Å².